The van der Waals surface area contributed by atoms with E-state index in [1.165, 1.54) is 21.9 Å². The minimum Gasteiger partial charge on any atom is -0.325 e. The normalized spacial score (nSPS) is 17.1. The first-order valence-electron chi connectivity index (χ1n) is 6.93. The minimum absolute atomic E-state index is 0.0349. The predicted octanol–water partition coefficient (Wildman–Crippen LogP) is 5.09. The molecule has 0 saturated heterocycles. The van der Waals surface area contributed by atoms with Crippen molar-refractivity contribution in [3.05, 3.63) is 62.7 Å². The van der Waals surface area contributed by atoms with Crippen LogP contribution in [0.2, 0.25) is 0 Å². The van der Waals surface area contributed by atoms with Crippen LogP contribution < -0.4 is 5.32 Å². The van der Waals surface area contributed by atoms with Gasteiger partial charge in [-0.2, -0.15) is 0 Å². The number of hydrogen-bond acceptors (Lipinski definition) is 3. The third-order valence-corrected chi connectivity index (χ3v) is 5.91. The van der Waals surface area contributed by atoms with Crippen LogP contribution in [0.25, 0.3) is 11.1 Å². The fraction of sp³-hybridized carbons (Fsp3) is 0.118. The molecule has 0 unspecified atom stereocenters. The van der Waals surface area contributed by atoms with Crippen LogP contribution in [0.5, 0.6) is 0 Å². The largest absolute Gasteiger partial charge is 0.325 e. The van der Waals surface area contributed by atoms with Crippen molar-refractivity contribution in [2.45, 2.75) is 12.3 Å². The summed E-state index contributed by atoms with van der Waals surface area (Å²) in [6, 6.07) is 10.5. The summed E-state index contributed by atoms with van der Waals surface area (Å²) in [6.45, 7) is 0. The first-order chi connectivity index (χ1) is 10.7. The second-order valence-electron chi connectivity index (χ2n) is 5.22. The zero-order valence-electron chi connectivity index (χ0n) is 11.5. The van der Waals surface area contributed by atoms with Crippen molar-refractivity contribution in [1.82, 2.24) is 0 Å². The number of halogens is 1. The summed E-state index contributed by atoms with van der Waals surface area (Å²) in [6.07, 6.45) is 0.483. The molecule has 2 nitrogen and oxygen atoms in total. The third-order valence-electron chi connectivity index (χ3n) is 3.83. The lowest BCUT2D eigenvalue weighted by molar-refractivity contribution is -0.116. The quantitative estimate of drug-likeness (QED) is 0.697. The molecule has 1 aliphatic rings. The summed E-state index contributed by atoms with van der Waals surface area (Å²) in [5, 5.41) is 7.08. The van der Waals surface area contributed by atoms with E-state index in [9.17, 15) is 9.18 Å². The lowest BCUT2D eigenvalue weighted by Crippen LogP contribution is -2.21. The Balaban J connectivity index is 1.82. The number of anilines is 1. The molecule has 110 valence electrons. The van der Waals surface area contributed by atoms with Gasteiger partial charge >= 0.3 is 0 Å². The number of amides is 1. The van der Waals surface area contributed by atoms with Gasteiger partial charge in [0.1, 0.15) is 5.82 Å². The summed E-state index contributed by atoms with van der Waals surface area (Å²) >= 11 is 3.34. The Morgan fingerprint density at radius 2 is 1.95 bits per heavy atom. The molecular formula is C17H12FNOS2. The Morgan fingerprint density at radius 3 is 2.68 bits per heavy atom. The van der Waals surface area contributed by atoms with Crippen LogP contribution in [0.15, 0.2) is 47.2 Å². The number of hydrogen-bond donors (Lipinski definition) is 1. The van der Waals surface area contributed by atoms with Crippen LogP contribution in [-0.2, 0) is 4.79 Å². The van der Waals surface area contributed by atoms with Crippen molar-refractivity contribution in [2.75, 3.05) is 5.32 Å². The zero-order chi connectivity index (χ0) is 15.1. The van der Waals surface area contributed by atoms with Gasteiger partial charge in [-0.15, -0.1) is 22.7 Å². The molecule has 0 aliphatic carbocycles. The molecule has 1 atom stereocenters. The number of nitrogens with one attached hydrogen (secondary N) is 1. The second kappa shape index (κ2) is 5.34. The van der Waals surface area contributed by atoms with E-state index in [-0.39, 0.29) is 17.6 Å². The maximum Gasteiger partial charge on any atom is 0.225 e. The molecular weight excluding hydrogens is 317 g/mol. The van der Waals surface area contributed by atoms with Gasteiger partial charge in [-0.1, -0.05) is 18.2 Å². The van der Waals surface area contributed by atoms with Gasteiger partial charge in [0.05, 0.1) is 5.69 Å². The van der Waals surface area contributed by atoms with E-state index in [4.69, 9.17) is 0 Å². The van der Waals surface area contributed by atoms with Crippen molar-refractivity contribution in [3.8, 4) is 11.1 Å². The molecule has 2 aromatic heterocycles. The molecule has 1 aliphatic heterocycles. The molecule has 0 saturated carbocycles. The van der Waals surface area contributed by atoms with Crippen molar-refractivity contribution in [3.63, 3.8) is 0 Å². The van der Waals surface area contributed by atoms with Gasteiger partial charge in [0, 0.05) is 33.0 Å². The first kappa shape index (κ1) is 13.7. The molecule has 1 N–H and O–H groups in total. The molecule has 0 fully saturated rings. The van der Waals surface area contributed by atoms with Crippen molar-refractivity contribution >= 4 is 34.3 Å². The van der Waals surface area contributed by atoms with E-state index in [0.717, 1.165) is 16.8 Å². The number of benzene rings is 1. The van der Waals surface area contributed by atoms with Gasteiger partial charge in [0.2, 0.25) is 5.91 Å². The smallest absolute Gasteiger partial charge is 0.225 e. The second-order valence-corrected chi connectivity index (χ2v) is 7.11. The lowest BCUT2D eigenvalue weighted by Gasteiger charge is -2.22. The highest BCUT2D eigenvalue weighted by atomic mass is 32.1. The van der Waals surface area contributed by atoms with Crippen LogP contribution in [-0.4, -0.2) is 5.91 Å². The summed E-state index contributed by atoms with van der Waals surface area (Å²) in [5.74, 6) is -0.0936. The van der Waals surface area contributed by atoms with E-state index in [2.05, 4.69) is 11.4 Å². The molecule has 0 spiro atoms. The van der Waals surface area contributed by atoms with Gasteiger partial charge in [-0.05, 0) is 29.1 Å². The molecule has 3 aromatic rings. The Labute approximate surface area is 135 Å². The fourth-order valence-corrected chi connectivity index (χ4v) is 4.85. The Kier molecular flexibility index (Phi) is 3.32. The lowest BCUT2D eigenvalue weighted by atomic mass is 9.94. The fourth-order valence-electron chi connectivity index (χ4n) is 2.79. The summed E-state index contributed by atoms with van der Waals surface area (Å²) in [7, 11) is 0. The zero-order valence-corrected chi connectivity index (χ0v) is 13.1. The summed E-state index contributed by atoms with van der Waals surface area (Å²) in [4.78, 5) is 14.5. The topological polar surface area (TPSA) is 29.1 Å². The minimum atomic E-state index is -0.256. The van der Waals surface area contributed by atoms with Crippen LogP contribution >= 0.6 is 22.7 Å². The Morgan fingerprint density at radius 1 is 1.14 bits per heavy atom. The molecule has 1 amide bonds. The van der Waals surface area contributed by atoms with E-state index >= 15 is 0 Å². The van der Waals surface area contributed by atoms with E-state index < -0.39 is 0 Å². The Hall–Kier alpha value is -1.98. The number of rotatable bonds is 2. The van der Waals surface area contributed by atoms with E-state index in [1.54, 1.807) is 34.8 Å². The maximum absolute atomic E-state index is 13.1. The van der Waals surface area contributed by atoms with Crippen LogP contribution in [0.3, 0.4) is 0 Å². The van der Waals surface area contributed by atoms with E-state index in [0.29, 0.717) is 6.42 Å². The molecule has 3 heterocycles. The molecule has 0 radical (unpaired) electrons. The summed E-state index contributed by atoms with van der Waals surface area (Å²) < 4.78 is 13.1. The highest BCUT2D eigenvalue weighted by Gasteiger charge is 2.30. The monoisotopic (exact) mass is 329 g/mol. The third kappa shape index (κ3) is 2.26. The van der Waals surface area contributed by atoms with E-state index in [1.807, 2.05) is 16.8 Å². The highest BCUT2D eigenvalue weighted by molar-refractivity contribution is 7.12. The molecule has 4 rings (SSSR count). The number of thiophene rings is 2. The van der Waals surface area contributed by atoms with Crippen molar-refractivity contribution in [2.24, 2.45) is 0 Å². The van der Waals surface area contributed by atoms with Crippen LogP contribution in [0.4, 0.5) is 10.1 Å². The van der Waals surface area contributed by atoms with Crippen molar-refractivity contribution < 1.29 is 9.18 Å². The molecule has 22 heavy (non-hydrogen) atoms. The maximum atomic E-state index is 13.1. The number of fused-ring (bicyclic) bond motifs is 1. The van der Waals surface area contributed by atoms with Gasteiger partial charge in [-0.25, -0.2) is 4.39 Å². The standard InChI is InChI=1S/C17H12FNOS2/c18-11-5-3-10(4-6-11)13-9-22-17-12(14-2-1-7-21-14)8-15(20)19-16(13)17/h1-7,9,12H,8H2,(H,19,20)/t12-/m1/s1. The number of carbonyl (C=O) groups excluding carboxylic acids is 1. The van der Waals surface area contributed by atoms with Gasteiger partial charge in [0.15, 0.2) is 0 Å². The van der Waals surface area contributed by atoms with Gasteiger partial charge in [0.25, 0.3) is 0 Å². The predicted molar refractivity (Wildman–Crippen MR) is 89.1 cm³/mol. The Bertz CT molecular complexity index is 821. The van der Waals surface area contributed by atoms with Gasteiger partial charge < -0.3 is 5.32 Å². The average Bonchev–Trinajstić information content (AvgIpc) is 3.16. The molecule has 1 aromatic carbocycles. The molecule has 0 bridgehead atoms. The van der Waals surface area contributed by atoms with Crippen LogP contribution in [0.1, 0.15) is 22.1 Å². The molecule has 5 heteroatoms. The van der Waals surface area contributed by atoms with Crippen LogP contribution in [0, 0.1) is 5.82 Å². The van der Waals surface area contributed by atoms with Gasteiger partial charge in [-0.3, -0.25) is 4.79 Å². The SMILES string of the molecule is O=C1C[C@H](c2cccs2)c2scc(-c3ccc(F)cc3)c2N1. The highest BCUT2D eigenvalue weighted by Crippen LogP contribution is 2.47. The van der Waals surface area contributed by atoms with Crippen molar-refractivity contribution in [1.29, 1.82) is 0 Å². The summed E-state index contributed by atoms with van der Waals surface area (Å²) in [5.41, 5.74) is 2.77. The first-order valence-corrected chi connectivity index (χ1v) is 8.69. The number of carbonyl (C=O) groups is 1. The average molecular weight is 329 g/mol.